The summed E-state index contributed by atoms with van der Waals surface area (Å²) in [5.41, 5.74) is 2.05. The summed E-state index contributed by atoms with van der Waals surface area (Å²) in [5, 5.41) is 12.4. The fourth-order valence-electron chi connectivity index (χ4n) is 3.40. The summed E-state index contributed by atoms with van der Waals surface area (Å²) in [4.78, 5) is 11.5. The number of rotatable bonds is 4. The molecule has 0 unspecified atom stereocenters. The Hall–Kier alpha value is -2.77. The lowest BCUT2D eigenvalue weighted by Gasteiger charge is -2.32. The van der Waals surface area contributed by atoms with Crippen molar-refractivity contribution in [2.75, 3.05) is 18.0 Å². The molecule has 0 spiro atoms. The van der Waals surface area contributed by atoms with E-state index in [4.69, 9.17) is 4.98 Å². The van der Waals surface area contributed by atoms with Crippen molar-refractivity contribution in [1.82, 2.24) is 34.7 Å². The van der Waals surface area contributed by atoms with Crippen molar-refractivity contribution >= 4 is 5.82 Å². The highest BCUT2D eigenvalue weighted by atomic mass is 15.4. The van der Waals surface area contributed by atoms with Crippen LogP contribution in [0.2, 0.25) is 0 Å². The molecule has 0 N–H and O–H groups in total. The van der Waals surface area contributed by atoms with Crippen molar-refractivity contribution in [2.24, 2.45) is 5.92 Å². The van der Waals surface area contributed by atoms with Gasteiger partial charge in [-0.2, -0.15) is 5.10 Å². The average Bonchev–Trinajstić information content (AvgIpc) is 3.25. The highest BCUT2D eigenvalue weighted by molar-refractivity contribution is 5.40. The van der Waals surface area contributed by atoms with E-state index in [1.54, 1.807) is 12.4 Å². The molecular formula is C17H22N8. The Kier molecular flexibility index (Phi) is 4.17. The first-order valence-electron chi connectivity index (χ1n) is 8.64. The van der Waals surface area contributed by atoms with E-state index in [1.807, 2.05) is 41.7 Å². The third kappa shape index (κ3) is 3.38. The van der Waals surface area contributed by atoms with Crippen molar-refractivity contribution in [3.05, 3.63) is 42.2 Å². The Labute approximate surface area is 146 Å². The summed E-state index contributed by atoms with van der Waals surface area (Å²) in [5.74, 6) is 2.32. The van der Waals surface area contributed by atoms with Gasteiger partial charge in [-0.1, -0.05) is 5.21 Å². The van der Waals surface area contributed by atoms with Gasteiger partial charge < -0.3 is 4.90 Å². The molecule has 0 saturated carbocycles. The highest BCUT2D eigenvalue weighted by Crippen LogP contribution is 2.23. The number of nitrogens with zero attached hydrogens (tertiary/aromatic N) is 8. The lowest BCUT2D eigenvalue weighted by molar-refractivity contribution is 0.338. The molecule has 3 aromatic heterocycles. The van der Waals surface area contributed by atoms with Gasteiger partial charge in [0.05, 0.1) is 24.3 Å². The van der Waals surface area contributed by atoms with Crippen LogP contribution >= 0.6 is 0 Å². The zero-order chi connectivity index (χ0) is 17.2. The van der Waals surface area contributed by atoms with Gasteiger partial charge >= 0.3 is 0 Å². The largest absolute Gasteiger partial charge is 0.355 e. The summed E-state index contributed by atoms with van der Waals surface area (Å²) in [6.07, 6.45) is 9.50. The standard InChI is InChI=1S/C17H22N8/c1-13-9-14(2)25(21-13)17-11-18-10-16(20-17)23-6-3-15(4-7-23)12-24-8-5-19-22-24/h5,8-11,15H,3-4,6-7,12H2,1-2H3. The van der Waals surface area contributed by atoms with Gasteiger partial charge in [0, 0.05) is 31.5 Å². The van der Waals surface area contributed by atoms with Crippen LogP contribution in [0.25, 0.3) is 5.82 Å². The normalized spacial score (nSPS) is 15.7. The lowest BCUT2D eigenvalue weighted by Crippen LogP contribution is -2.35. The SMILES string of the molecule is Cc1cc(C)n(-c2cncc(N3CCC(Cn4ccnn4)CC3)n2)n1. The van der Waals surface area contributed by atoms with Crippen LogP contribution in [0.5, 0.6) is 0 Å². The van der Waals surface area contributed by atoms with Crippen molar-refractivity contribution < 1.29 is 0 Å². The van der Waals surface area contributed by atoms with Crippen LogP contribution in [0.4, 0.5) is 5.82 Å². The van der Waals surface area contributed by atoms with Gasteiger partial charge in [-0.3, -0.25) is 9.67 Å². The van der Waals surface area contributed by atoms with Crippen LogP contribution in [-0.2, 0) is 6.54 Å². The molecule has 8 nitrogen and oxygen atoms in total. The molecular weight excluding hydrogens is 316 g/mol. The molecule has 0 aliphatic carbocycles. The maximum atomic E-state index is 4.78. The average molecular weight is 338 g/mol. The van der Waals surface area contributed by atoms with Gasteiger partial charge in [-0.25, -0.2) is 9.67 Å². The summed E-state index contributed by atoms with van der Waals surface area (Å²) in [7, 11) is 0. The Bertz CT molecular complexity index is 830. The van der Waals surface area contributed by atoms with E-state index in [-0.39, 0.29) is 0 Å². The molecule has 8 heteroatoms. The topological polar surface area (TPSA) is 77.5 Å². The summed E-state index contributed by atoms with van der Waals surface area (Å²) >= 11 is 0. The van der Waals surface area contributed by atoms with Crippen LogP contribution < -0.4 is 4.90 Å². The minimum atomic E-state index is 0.630. The fourth-order valence-corrected chi connectivity index (χ4v) is 3.40. The van der Waals surface area contributed by atoms with Crippen LogP contribution in [-0.4, -0.2) is 47.8 Å². The quantitative estimate of drug-likeness (QED) is 0.722. The highest BCUT2D eigenvalue weighted by Gasteiger charge is 2.21. The molecule has 1 fully saturated rings. The Morgan fingerprint density at radius 2 is 1.92 bits per heavy atom. The molecule has 4 rings (SSSR count). The van der Waals surface area contributed by atoms with Gasteiger partial charge in [0.2, 0.25) is 0 Å². The number of aryl methyl sites for hydroxylation is 2. The summed E-state index contributed by atoms with van der Waals surface area (Å²) < 4.78 is 3.77. The smallest absolute Gasteiger partial charge is 0.174 e. The van der Waals surface area contributed by atoms with E-state index < -0.39 is 0 Å². The molecule has 0 atom stereocenters. The number of hydrogen-bond donors (Lipinski definition) is 0. The number of piperidine rings is 1. The van der Waals surface area contributed by atoms with E-state index in [0.29, 0.717) is 5.92 Å². The molecule has 0 radical (unpaired) electrons. The molecule has 1 aliphatic heterocycles. The Morgan fingerprint density at radius 3 is 2.60 bits per heavy atom. The molecule has 1 saturated heterocycles. The summed E-state index contributed by atoms with van der Waals surface area (Å²) in [6, 6.07) is 2.05. The van der Waals surface area contributed by atoms with E-state index in [0.717, 1.165) is 55.5 Å². The van der Waals surface area contributed by atoms with E-state index in [1.165, 1.54) is 0 Å². The van der Waals surface area contributed by atoms with Crippen LogP contribution in [0.1, 0.15) is 24.2 Å². The zero-order valence-electron chi connectivity index (χ0n) is 14.6. The van der Waals surface area contributed by atoms with Crippen molar-refractivity contribution in [3.63, 3.8) is 0 Å². The molecule has 4 heterocycles. The maximum absolute atomic E-state index is 4.78. The van der Waals surface area contributed by atoms with Crippen LogP contribution in [0.15, 0.2) is 30.9 Å². The third-order valence-electron chi connectivity index (χ3n) is 4.69. The predicted molar refractivity (Wildman–Crippen MR) is 93.6 cm³/mol. The van der Waals surface area contributed by atoms with Gasteiger partial charge in [0.25, 0.3) is 0 Å². The minimum absolute atomic E-state index is 0.630. The number of anilines is 1. The van der Waals surface area contributed by atoms with E-state index >= 15 is 0 Å². The molecule has 0 aromatic carbocycles. The minimum Gasteiger partial charge on any atom is -0.355 e. The van der Waals surface area contributed by atoms with Crippen molar-refractivity contribution in [3.8, 4) is 5.82 Å². The Morgan fingerprint density at radius 1 is 1.12 bits per heavy atom. The molecule has 0 amide bonds. The summed E-state index contributed by atoms with van der Waals surface area (Å²) in [6.45, 7) is 6.92. The zero-order valence-corrected chi connectivity index (χ0v) is 14.6. The monoisotopic (exact) mass is 338 g/mol. The molecule has 130 valence electrons. The molecule has 1 aliphatic rings. The van der Waals surface area contributed by atoms with Gasteiger partial charge in [-0.15, -0.1) is 5.10 Å². The maximum Gasteiger partial charge on any atom is 0.174 e. The second kappa shape index (κ2) is 6.62. The molecule has 25 heavy (non-hydrogen) atoms. The number of hydrogen-bond acceptors (Lipinski definition) is 6. The van der Waals surface area contributed by atoms with Crippen LogP contribution in [0.3, 0.4) is 0 Å². The first-order valence-corrected chi connectivity index (χ1v) is 8.64. The molecule has 0 bridgehead atoms. The predicted octanol–water partition coefficient (Wildman–Crippen LogP) is 1.79. The van der Waals surface area contributed by atoms with E-state index in [9.17, 15) is 0 Å². The Balaban J connectivity index is 1.44. The lowest BCUT2D eigenvalue weighted by atomic mass is 9.97. The fraction of sp³-hybridized carbons (Fsp3) is 0.471. The second-order valence-corrected chi connectivity index (χ2v) is 6.63. The first kappa shape index (κ1) is 15.7. The first-order chi connectivity index (χ1) is 12.2. The van der Waals surface area contributed by atoms with E-state index in [2.05, 4.69) is 25.3 Å². The third-order valence-corrected chi connectivity index (χ3v) is 4.69. The van der Waals surface area contributed by atoms with Crippen LogP contribution in [0, 0.1) is 19.8 Å². The van der Waals surface area contributed by atoms with Gasteiger partial charge in [-0.05, 0) is 38.7 Å². The van der Waals surface area contributed by atoms with Crippen molar-refractivity contribution in [2.45, 2.75) is 33.2 Å². The van der Waals surface area contributed by atoms with Crippen molar-refractivity contribution in [1.29, 1.82) is 0 Å². The molecule has 3 aromatic rings. The number of aromatic nitrogens is 7. The van der Waals surface area contributed by atoms with Gasteiger partial charge in [0.15, 0.2) is 5.82 Å². The van der Waals surface area contributed by atoms with Gasteiger partial charge in [0.1, 0.15) is 5.82 Å². The second-order valence-electron chi connectivity index (χ2n) is 6.63.